The van der Waals surface area contributed by atoms with Gasteiger partial charge in [-0.15, -0.1) is 5.10 Å². The molecule has 0 saturated heterocycles. The van der Waals surface area contributed by atoms with Crippen LogP contribution >= 0.6 is 0 Å². The van der Waals surface area contributed by atoms with Crippen molar-refractivity contribution < 1.29 is 4.74 Å². The van der Waals surface area contributed by atoms with Crippen molar-refractivity contribution in [2.45, 2.75) is 20.0 Å². The lowest BCUT2D eigenvalue weighted by Gasteiger charge is -2.19. The number of hydrogen-bond acceptors (Lipinski definition) is 5. The van der Waals surface area contributed by atoms with Gasteiger partial charge in [0.1, 0.15) is 5.75 Å². The Labute approximate surface area is 125 Å². The molecule has 114 valence electrons. The highest BCUT2D eigenvalue weighted by atomic mass is 16.5. The minimum Gasteiger partial charge on any atom is -0.497 e. The quantitative estimate of drug-likeness (QED) is 0.799. The Bertz CT molecular complexity index is 555. The van der Waals surface area contributed by atoms with Gasteiger partial charge in [-0.1, -0.05) is 18.2 Å². The van der Waals surface area contributed by atoms with Crippen LogP contribution in [0.25, 0.3) is 0 Å². The van der Waals surface area contributed by atoms with Gasteiger partial charge in [0, 0.05) is 38.1 Å². The molecule has 0 bridgehead atoms. The maximum atomic E-state index is 5.25. The Balaban J connectivity index is 1.88. The lowest BCUT2D eigenvalue weighted by molar-refractivity contribution is 0.415. The van der Waals surface area contributed by atoms with E-state index in [1.54, 1.807) is 7.11 Å². The fraction of sp³-hybridized carbons (Fsp3) is 0.467. The fourth-order valence-electron chi connectivity index (χ4n) is 2.01. The maximum absolute atomic E-state index is 5.25. The summed E-state index contributed by atoms with van der Waals surface area (Å²) >= 11 is 0. The van der Waals surface area contributed by atoms with E-state index < -0.39 is 0 Å². The molecule has 0 atom stereocenters. The van der Waals surface area contributed by atoms with E-state index in [-0.39, 0.29) is 0 Å². The van der Waals surface area contributed by atoms with E-state index >= 15 is 0 Å². The number of rotatable bonds is 8. The zero-order chi connectivity index (χ0) is 15.1. The molecule has 0 aliphatic heterocycles. The van der Waals surface area contributed by atoms with Gasteiger partial charge in [0.2, 0.25) is 0 Å². The molecule has 0 aliphatic rings. The zero-order valence-corrected chi connectivity index (χ0v) is 12.9. The van der Waals surface area contributed by atoms with E-state index in [0.717, 1.165) is 43.3 Å². The van der Waals surface area contributed by atoms with Crippen LogP contribution in [-0.2, 0) is 13.1 Å². The number of benzene rings is 1. The Morgan fingerprint density at radius 1 is 1.38 bits per heavy atom. The number of nitrogens with zero attached hydrogens (tertiary/aromatic N) is 4. The van der Waals surface area contributed by atoms with Crippen molar-refractivity contribution in [1.29, 1.82) is 0 Å². The number of methoxy groups -OCH3 is 1. The van der Waals surface area contributed by atoms with Crippen LogP contribution in [0.2, 0.25) is 0 Å². The molecule has 2 aromatic rings. The minimum atomic E-state index is 0.766. The largest absolute Gasteiger partial charge is 0.497 e. The second kappa shape index (κ2) is 7.64. The molecule has 6 heteroatoms. The van der Waals surface area contributed by atoms with E-state index in [1.807, 2.05) is 29.1 Å². The minimum absolute atomic E-state index is 0.766. The van der Waals surface area contributed by atoms with Crippen molar-refractivity contribution in [1.82, 2.24) is 20.3 Å². The van der Waals surface area contributed by atoms with Crippen molar-refractivity contribution in [3.8, 4) is 5.75 Å². The first-order valence-electron chi connectivity index (χ1n) is 7.18. The van der Waals surface area contributed by atoms with Crippen molar-refractivity contribution in [3.63, 3.8) is 0 Å². The number of likely N-dealkylation sites (N-methyl/N-ethyl adjacent to an activating group) is 1. The highest BCUT2D eigenvalue weighted by Crippen LogP contribution is 2.19. The molecule has 0 spiro atoms. The van der Waals surface area contributed by atoms with Gasteiger partial charge in [-0.2, -0.15) is 0 Å². The normalized spacial score (nSPS) is 10.6. The molecule has 0 amide bonds. The second-order valence-corrected chi connectivity index (χ2v) is 4.88. The Morgan fingerprint density at radius 2 is 2.24 bits per heavy atom. The predicted molar refractivity (Wildman–Crippen MR) is 83.7 cm³/mol. The fourth-order valence-corrected chi connectivity index (χ4v) is 2.01. The summed E-state index contributed by atoms with van der Waals surface area (Å²) in [5.74, 6) is 0.869. The molecule has 1 aromatic carbocycles. The molecule has 2 rings (SSSR count). The lowest BCUT2D eigenvalue weighted by Crippen LogP contribution is -2.22. The summed E-state index contributed by atoms with van der Waals surface area (Å²) in [7, 11) is 3.74. The highest BCUT2D eigenvalue weighted by molar-refractivity contribution is 5.49. The standard InChI is InChI=1S/C15H23N5O/c1-4-16-11-13-12-20(18-17-13)9-8-19(2)14-6-5-7-15(10-14)21-3/h5-7,10,12,16H,4,8-9,11H2,1-3H3. The van der Waals surface area contributed by atoms with Crippen LogP contribution in [0.5, 0.6) is 5.75 Å². The summed E-state index contributed by atoms with van der Waals surface area (Å²) in [5.41, 5.74) is 2.10. The molecule has 1 aromatic heterocycles. The second-order valence-electron chi connectivity index (χ2n) is 4.88. The average molecular weight is 289 g/mol. The van der Waals surface area contributed by atoms with Crippen LogP contribution in [-0.4, -0.2) is 42.2 Å². The topological polar surface area (TPSA) is 55.2 Å². The highest BCUT2D eigenvalue weighted by Gasteiger charge is 2.04. The van der Waals surface area contributed by atoms with Crippen LogP contribution in [0.3, 0.4) is 0 Å². The third-order valence-electron chi connectivity index (χ3n) is 3.30. The number of aromatic nitrogens is 3. The lowest BCUT2D eigenvalue weighted by atomic mass is 10.3. The molecular formula is C15H23N5O. The molecule has 21 heavy (non-hydrogen) atoms. The van der Waals surface area contributed by atoms with E-state index in [1.165, 1.54) is 0 Å². The summed E-state index contributed by atoms with van der Waals surface area (Å²) in [4.78, 5) is 2.17. The van der Waals surface area contributed by atoms with Crippen molar-refractivity contribution in [3.05, 3.63) is 36.2 Å². The van der Waals surface area contributed by atoms with Gasteiger partial charge >= 0.3 is 0 Å². The Morgan fingerprint density at radius 3 is 3.00 bits per heavy atom. The van der Waals surface area contributed by atoms with Gasteiger partial charge in [-0.25, -0.2) is 0 Å². The Kier molecular flexibility index (Phi) is 5.57. The van der Waals surface area contributed by atoms with Crippen molar-refractivity contribution in [2.75, 3.05) is 32.1 Å². The van der Waals surface area contributed by atoms with E-state index in [0.29, 0.717) is 0 Å². The smallest absolute Gasteiger partial charge is 0.120 e. The van der Waals surface area contributed by atoms with E-state index in [9.17, 15) is 0 Å². The molecular weight excluding hydrogens is 266 g/mol. The van der Waals surface area contributed by atoms with Crippen LogP contribution in [0, 0.1) is 0 Å². The van der Waals surface area contributed by atoms with E-state index in [4.69, 9.17) is 4.74 Å². The van der Waals surface area contributed by atoms with E-state index in [2.05, 4.69) is 40.6 Å². The monoisotopic (exact) mass is 289 g/mol. The number of nitrogens with one attached hydrogen (secondary N) is 1. The molecule has 1 N–H and O–H groups in total. The number of hydrogen-bond donors (Lipinski definition) is 1. The van der Waals surface area contributed by atoms with Gasteiger partial charge in [-0.05, 0) is 18.7 Å². The maximum Gasteiger partial charge on any atom is 0.120 e. The summed E-state index contributed by atoms with van der Waals surface area (Å²) < 4.78 is 7.13. The molecule has 0 aliphatic carbocycles. The molecule has 0 saturated carbocycles. The molecule has 0 fully saturated rings. The third kappa shape index (κ3) is 4.46. The Hall–Kier alpha value is -2.08. The SMILES string of the molecule is CCNCc1cn(CCN(C)c2cccc(OC)c2)nn1. The molecule has 0 radical (unpaired) electrons. The first kappa shape index (κ1) is 15.3. The van der Waals surface area contributed by atoms with Crippen molar-refractivity contribution >= 4 is 5.69 Å². The summed E-state index contributed by atoms with van der Waals surface area (Å²) in [6, 6.07) is 8.04. The van der Waals surface area contributed by atoms with Gasteiger partial charge in [-0.3, -0.25) is 4.68 Å². The average Bonchev–Trinajstić information content (AvgIpc) is 2.98. The predicted octanol–water partition coefficient (Wildman–Crippen LogP) is 1.53. The molecule has 6 nitrogen and oxygen atoms in total. The first-order valence-corrected chi connectivity index (χ1v) is 7.18. The van der Waals surface area contributed by atoms with Crippen LogP contribution in [0.4, 0.5) is 5.69 Å². The van der Waals surface area contributed by atoms with Gasteiger partial charge in [0.05, 0.1) is 19.3 Å². The van der Waals surface area contributed by atoms with Crippen LogP contribution < -0.4 is 15.0 Å². The van der Waals surface area contributed by atoms with Crippen LogP contribution in [0.1, 0.15) is 12.6 Å². The summed E-state index contributed by atoms with van der Waals surface area (Å²) in [6.45, 7) is 5.44. The summed E-state index contributed by atoms with van der Waals surface area (Å²) in [6.07, 6.45) is 1.99. The van der Waals surface area contributed by atoms with Crippen molar-refractivity contribution in [2.24, 2.45) is 0 Å². The number of ether oxygens (including phenoxy) is 1. The van der Waals surface area contributed by atoms with Gasteiger partial charge in [0.15, 0.2) is 0 Å². The molecule has 1 heterocycles. The van der Waals surface area contributed by atoms with Gasteiger partial charge < -0.3 is 15.0 Å². The zero-order valence-electron chi connectivity index (χ0n) is 12.9. The van der Waals surface area contributed by atoms with Gasteiger partial charge in [0.25, 0.3) is 0 Å². The third-order valence-corrected chi connectivity index (χ3v) is 3.30. The molecule has 0 unspecified atom stereocenters. The summed E-state index contributed by atoms with van der Waals surface area (Å²) in [5, 5.41) is 11.5. The first-order chi connectivity index (χ1) is 10.2. The van der Waals surface area contributed by atoms with Crippen LogP contribution in [0.15, 0.2) is 30.5 Å². The number of anilines is 1.